The van der Waals surface area contributed by atoms with Crippen LogP contribution in [-0.2, 0) is 14.3 Å². The summed E-state index contributed by atoms with van der Waals surface area (Å²) < 4.78 is 10.5. The van der Waals surface area contributed by atoms with Crippen LogP contribution < -0.4 is 0 Å². The predicted octanol–water partition coefficient (Wildman–Crippen LogP) is 3.99. The van der Waals surface area contributed by atoms with Crippen LogP contribution in [0.15, 0.2) is 0 Å². The molecular formula is C18H34O4. The van der Waals surface area contributed by atoms with Crippen LogP contribution in [0.4, 0.5) is 0 Å². The molecule has 1 aliphatic heterocycles. The molecule has 3 atom stereocenters. The van der Waals surface area contributed by atoms with Gasteiger partial charge in [-0.2, -0.15) is 0 Å². The molecule has 3 unspecified atom stereocenters. The van der Waals surface area contributed by atoms with Crippen molar-refractivity contribution in [2.75, 3.05) is 6.61 Å². The van der Waals surface area contributed by atoms with Gasteiger partial charge >= 0.3 is 5.97 Å². The number of aliphatic hydroxyl groups is 1. The highest BCUT2D eigenvalue weighted by molar-refractivity contribution is 5.69. The average molecular weight is 314 g/mol. The number of esters is 1. The zero-order chi connectivity index (χ0) is 16.2. The summed E-state index contributed by atoms with van der Waals surface area (Å²) in [5.41, 5.74) is 0. The Labute approximate surface area is 135 Å². The van der Waals surface area contributed by atoms with Crippen molar-refractivity contribution in [3.05, 3.63) is 0 Å². The normalized spacial score (nSPS) is 21.6. The Hall–Kier alpha value is -0.610. The SMILES string of the molecule is CCC1OC1CCCCCCCCCCC(=O)OCC(C)O. The van der Waals surface area contributed by atoms with Crippen LogP contribution >= 0.6 is 0 Å². The van der Waals surface area contributed by atoms with Gasteiger partial charge in [0.1, 0.15) is 6.61 Å². The van der Waals surface area contributed by atoms with Gasteiger partial charge in [-0.15, -0.1) is 0 Å². The first-order valence-corrected chi connectivity index (χ1v) is 9.12. The summed E-state index contributed by atoms with van der Waals surface area (Å²) in [5, 5.41) is 9.01. The molecule has 1 rings (SSSR count). The molecule has 0 amide bonds. The quantitative estimate of drug-likeness (QED) is 0.299. The van der Waals surface area contributed by atoms with E-state index in [0.717, 1.165) is 19.3 Å². The minimum absolute atomic E-state index is 0.115. The Bertz CT molecular complexity index is 291. The van der Waals surface area contributed by atoms with Crippen LogP contribution in [0.25, 0.3) is 0 Å². The topological polar surface area (TPSA) is 59.1 Å². The van der Waals surface area contributed by atoms with Crippen molar-refractivity contribution in [3.8, 4) is 0 Å². The molecule has 0 saturated carbocycles. The highest BCUT2D eigenvalue weighted by Crippen LogP contribution is 2.29. The minimum atomic E-state index is -0.566. The summed E-state index contributed by atoms with van der Waals surface area (Å²) in [4.78, 5) is 11.3. The first-order chi connectivity index (χ1) is 10.6. The van der Waals surface area contributed by atoms with Crippen molar-refractivity contribution in [3.63, 3.8) is 0 Å². The molecule has 0 aromatic heterocycles. The molecule has 1 N–H and O–H groups in total. The fraction of sp³-hybridized carbons (Fsp3) is 0.944. The lowest BCUT2D eigenvalue weighted by atomic mass is 10.0. The van der Waals surface area contributed by atoms with Gasteiger partial charge in [0.25, 0.3) is 0 Å². The van der Waals surface area contributed by atoms with Crippen LogP contribution in [0.2, 0.25) is 0 Å². The second-order valence-corrected chi connectivity index (χ2v) is 6.52. The molecule has 0 spiro atoms. The molecule has 0 aromatic rings. The Morgan fingerprint density at radius 3 is 2.18 bits per heavy atom. The van der Waals surface area contributed by atoms with Gasteiger partial charge in [-0.3, -0.25) is 4.79 Å². The molecule has 0 aliphatic carbocycles. The van der Waals surface area contributed by atoms with E-state index >= 15 is 0 Å². The predicted molar refractivity (Wildman–Crippen MR) is 87.8 cm³/mol. The fourth-order valence-electron chi connectivity index (χ4n) is 2.75. The minimum Gasteiger partial charge on any atom is -0.463 e. The third-order valence-electron chi connectivity index (χ3n) is 4.20. The van der Waals surface area contributed by atoms with E-state index in [0.29, 0.717) is 18.6 Å². The number of epoxide rings is 1. The van der Waals surface area contributed by atoms with E-state index in [4.69, 9.17) is 14.6 Å². The lowest BCUT2D eigenvalue weighted by molar-refractivity contribution is -0.146. The summed E-state index contributed by atoms with van der Waals surface area (Å²) in [6.45, 7) is 3.92. The molecule has 22 heavy (non-hydrogen) atoms. The summed E-state index contributed by atoms with van der Waals surface area (Å²) >= 11 is 0. The van der Waals surface area contributed by atoms with Gasteiger partial charge in [-0.1, -0.05) is 51.9 Å². The number of hydrogen-bond donors (Lipinski definition) is 1. The number of carbonyl (C=O) groups excluding carboxylic acids is 1. The zero-order valence-corrected chi connectivity index (χ0v) is 14.4. The largest absolute Gasteiger partial charge is 0.463 e. The summed E-state index contributed by atoms with van der Waals surface area (Å²) in [7, 11) is 0. The molecule has 0 radical (unpaired) electrons. The van der Waals surface area contributed by atoms with E-state index in [-0.39, 0.29) is 12.6 Å². The van der Waals surface area contributed by atoms with Crippen molar-refractivity contribution < 1.29 is 19.4 Å². The highest BCUT2D eigenvalue weighted by atomic mass is 16.6. The lowest BCUT2D eigenvalue weighted by Crippen LogP contribution is -2.14. The maximum Gasteiger partial charge on any atom is 0.305 e. The number of hydrogen-bond acceptors (Lipinski definition) is 4. The van der Waals surface area contributed by atoms with Gasteiger partial charge in [0.2, 0.25) is 0 Å². The van der Waals surface area contributed by atoms with E-state index in [2.05, 4.69) is 6.92 Å². The molecular weight excluding hydrogens is 280 g/mol. The first kappa shape index (κ1) is 19.4. The Kier molecular flexibility index (Phi) is 10.5. The third kappa shape index (κ3) is 10.2. The number of ether oxygens (including phenoxy) is 2. The van der Waals surface area contributed by atoms with Crippen molar-refractivity contribution in [2.45, 2.75) is 103 Å². The van der Waals surface area contributed by atoms with E-state index in [1.165, 1.54) is 44.9 Å². The molecule has 130 valence electrons. The van der Waals surface area contributed by atoms with Gasteiger partial charge in [0, 0.05) is 6.42 Å². The van der Waals surface area contributed by atoms with Crippen molar-refractivity contribution in [1.82, 2.24) is 0 Å². The first-order valence-electron chi connectivity index (χ1n) is 9.12. The molecule has 4 nitrogen and oxygen atoms in total. The maximum atomic E-state index is 11.3. The molecule has 0 aromatic carbocycles. The van der Waals surface area contributed by atoms with Crippen LogP contribution in [-0.4, -0.2) is 36.0 Å². The number of unbranched alkanes of at least 4 members (excludes halogenated alkanes) is 7. The van der Waals surface area contributed by atoms with Crippen LogP contribution in [0.1, 0.15) is 84.5 Å². The third-order valence-corrected chi connectivity index (χ3v) is 4.20. The zero-order valence-electron chi connectivity index (χ0n) is 14.4. The van der Waals surface area contributed by atoms with E-state index in [1.807, 2.05) is 0 Å². The van der Waals surface area contributed by atoms with Crippen LogP contribution in [0.5, 0.6) is 0 Å². The van der Waals surface area contributed by atoms with Crippen LogP contribution in [0.3, 0.4) is 0 Å². The Balaban J connectivity index is 1.74. The van der Waals surface area contributed by atoms with Gasteiger partial charge in [0.05, 0.1) is 18.3 Å². The average Bonchev–Trinajstić information content (AvgIpc) is 3.25. The van der Waals surface area contributed by atoms with E-state index < -0.39 is 6.10 Å². The standard InChI is InChI=1S/C18H34O4/c1-3-16-17(22-16)12-10-8-6-4-5-7-9-11-13-18(20)21-14-15(2)19/h15-17,19H,3-14H2,1-2H3. The molecule has 1 saturated heterocycles. The second-order valence-electron chi connectivity index (χ2n) is 6.52. The maximum absolute atomic E-state index is 11.3. The van der Waals surface area contributed by atoms with Gasteiger partial charge < -0.3 is 14.6 Å². The van der Waals surface area contributed by atoms with Crippen LogP contribution in [0, 0.1) is 0 Å². The monoisotopic (exact) mass is 314 g/mol. The van der Waals surface area contributed by atoms with E-state index in [1.54, 1.807) is 6.92 Å². The number of rotatable bonds is 14. The molecule has 1 aliphatic rings. The molecule has 0 bridgehead atoms. The van der Waals surface area contributed by atoms with Crippen molar-refractivity contribution in [1.29, 1.82) is 0 Å². The smallest absolute Gasteiger partial charge is 0.305 e. The van der Waals surface area contributed by atoms with Crippen molar-refractivity contribution >= 4 is 5.97 Å². The molecule has 4 heteroatoms. The number of carbonyl (C=O) groups is 1. The second kappa shape index (κ2) is 11.9. The van der Waals surface area contributed by atoms with Gasteiger partial charge in [-0.25, -0.2) is 0 Å². The number of aliphatic hydroxyl groups excluding tert-OH is 1. The summed E-state index contributed by atoms with van der Waals surface area (Å²) in [5.74, 6) is -0.187. The fourth-order valence-corrected chi connectivity index (χ4v) is 2.75. The Morgan fingerprint density at radius 1 is 1.05 bits per heavy atom. The van der Waals surface area contributed by atoms with E-state index in [9.17, 15) is 4.79 Å². The molecule has 1 fully saturated rings. The summed E-state index contributed by atoms with van der Waals surface area (Å²) in [6.07, 6.45) is 13.2. The van der Waals surface area contributed by atoms with Gasteiger partial charge in [0.15, 0.2) is 0 Å². The molecule has 1 heterocycles. The summed E-state index contributed by atoms with van der Waals surface area (Å²) in [6, 6.07) is 0. The van der Waals surface area contributed by atoms with Gasteiger partial charge in [-0.05, 0) is 26.2 Å². The Morgan fingerprint density at radius 2 is 1.64 bits per heavy atom. The highest BCUT2D eigenvalue weighted by Gasteiger charge is 2.35. The lowest BCUT2D eigenvalue weighted by Gasteiger charge is -2.06. The van der Waals surface area contributed by atoms with Crippen molar-refractivity contribution in [2.24, 2.45) is 0 Å².